The third-order valence-corrected chi connectivity index (χ3v) is 7.76. The van der Waals surface area contributed by atoms with E-state index in [1.807, 2.05) is 6.92 Å². The number of halogens is 2. The van der Waals surface area contributed by atoms with Gasteiger partial charge in [0.15, 0.2) is 5.75 Å². The second-order valence-electron chi connectivity index (χ2n) is 7.13. The van der Waals surface area contributed by atoms with Crippen molar-refractivity contribution >= 4 is 44.8 Å². The van der Waals surface area contributed by atoms with Crippen LogP contribution in [0.2, 0.25) is 10.0 Å². The first-order chi connectivity index (χ1) is 14.3. The van der Waals surface area contributed by atoms with Crippen LogP contribution in [0.4, 0.5) is 5.69 Å². The van der Waals surface area contributed by atoms with Crippen LogP contribution in [0.1, 0.15) is 43.0 Å². The molecule has 162 valence electrons. The molecule has 30 heavy (non-hydrogen) atoms. The Labute approximate surface area is 187 Å². The van der Waals surface area contributed by atoms with Crippen LogP contribution in [-0.4, -0.2) is 38.3 Å². The number of amides is 1. The Morgan fingerprint density at radius 1 is 1.17 bits per heavy atom. The number of hydrogen-bond acceptors (Lipinski definition) is 4. The van der Waals surface area contributed by atoms with Crippen molar-refractivity contribution in [2.45, 2.75) is 43.5 Å². The van der Waals surface area contributed by atoms with E-state index in [-0.39, 0.29) is 26.5 Å². The monoisotopic (exact) mass is 470 g/mol. The van der Waals surface area contributed by atoms with Gasteiger partial charge in [-0.3, -0.25) is 4.79 Å². The van der Waals surface area contributed by atoms with Gasteiger partial charge in [-0.05, 0) is 55.7 Å². The van der Waals surface area contributed by atoms with Crippen molar-refractivity contribution < 1.29 is 17.9 Å². The van der Waals surface area contributed by atoms with Gasteiger partial charge in [-0.2, -0.15) is 4.31 Å². The van der Waals surface area contributed by atoms with Gasteiger partial charge >= 0.3 is 0 Å². The third-order valence-electron chi connectivity index (χ3n) is 5.23. The van der Waals surface area contributed by atoms with Crippen molar-refractivity contribution in [3.63, 3.8) is 0 Å². The highest BCUT2D eigenvalue weighted by Gasteiger charge is 2.32. The minimum atomic E-state index is -3.57. The Kier molecular flexibility index (Phi) is 7.29. The normalized spacial score (nSPS) is 17.5. The smallest absolute Gasteiger partial charge is 0.255 e. The number of carbonyl (C=O) groups is 1. The lowest BCUT2D eigenvalue weighted by atomic mass is 10.0. The highest BCUT2D eigenvalue weighted by atomic mass is 35.5. The summed E-state index contributed by atoms with van der Waals surface area (Å²) in [5.41, 5.74) is 0.731. The van der Waals surface area contributed by atoms with Gasteiger partial charge in [0, 0.05) is 23.8 Å². The van der Waals surface area contributed by atoms with Gasteiger partial charge in [0.05, 0.1) is 22.1 Å². The SMILES string of the molecule is CC[C@H]1CCCCN1S(=O)(=O)c1ccc(NC(=O)c2cc(Cl)c(OC)c(Cl)c2)cc1. The van der Waals surface area contributed by atoms with Gasteiger partial charge in [-0.15, -0.1) is 0 Å². The van der Waals surface area contributed by atoms with E-state index in [2.05, 4.69) is 5.32 Å². The average Bonchev–Trinajstić information content (AvgIpc) is 2.73. The Morgan fingerprint density at radius 2 is 1.80 bits per heavy atom. The summed E-state index contributed by atoms with van der Waals surface area (Å²) in [5.74, 6) is -0.119. The summed E-state index contributed by atoms with van der Waals surface area (Å²) >= 11 is 12.2. The van der Waals surface area contributed by atoms with E-state index in [0.29, 0.717) is 18.0 Å². The van der Waals surface area contributed by atoms with Crippen LogP contribution in [0.3, 0.4) is 0 Å². The fourth-order valence-corrected chi connectivity index (χ4v) is 6.04. The molecule has 6 nitrogen and oxygen atoms in total. The molecule has 0 radical (unpaired) electrons. The molecule has 1 fully saturated rings. The van der Waals surface area contributed by atoms with E-state index in [1.54, 1.807) is 16.4 Å². The second kappa shape index (κ2) is 9.56. The zero-order valence-corrected chi connectivity index (χ0v) is 19.1. The third kappa shape index (κ3) is 4.75. The van der Waals surface area contributed by atoms with Crippen LogP contribution < -0.4 is 10.1 Å². The second-order valence-corrected chi connectivity index (χ2v) is 9.83. The lowest BCUT2D eigenvalue weighted by Crippen LogP contribution is -2.43. The number of ether oxygens (including phenoxy) is 1. The first-order valence-corrected chi connectivity index (χ1v) is 11.9. The number of benzene rings is 2. The van der Waals surface area contributed by atoms with Crippen molar-refractivity contribution in [1.29, 1.82) is 0 Å². The van der Waals surface area contributed by atoms with Crippen LogP contribution in [0.25, 0.3) is 0 Å². The molecule has 0 unspecified atom stereocenters. The molecule has 3 rings (SSSR count). The number of methoxy groups -OCH3 is 1. The molecule has 1 amide bonds. The number of anilines is 1. The summed E-state index contributed by atoms with van der Waals surface area (Å²) < 4.78 is 32.8. The first kappa shape index (κ1) is 22.9. The van der Waals surface area contributed by atoms with Gasteiger partial charge in [0.1, 0.15) is 0 Å². The van der Waals surface area contributed by atoms with Crippen molar-refractivity contribution in [2.75, 3.05) is 19.0 Å². The highest BCUT2D eigenvalue weighted by Crippen LogP contribution is 2.34. The summed E-state index contributed by atoms with van der Waals surface area (Å²) in [7, 11) is -2.13. The molecule has 2 aromatic carbocycles. The van der Waals surface area contributed by atoms with Crippen molar-refractivity contribution in [1.82, 2.24) is 4.31 Å². The highest BCUT2D eigenvalue weighted by molar-refractivity contribution is 7.89. The number of carbonyl (C=O) groups excluding carboxylic acids is 1. The lowest BCUT2D eigenvalue weighted by Gasteiger charge is -2.34. The molecule has 9 heteroatoms. The molecule has 1 aliphatic heterocycles. The Balaban J connectivity index is 1.77. The fraction of sp³-hybridized carbons (Fsp3) is 0.381. The molecule has 1 atom stereocenters. The first-order valence-electron chi connectivity index (χ1n) is 9.74. The maximum absolute atomic E-state index is 13.0. The number of rotatable bonds is 6. The summed E-state index contributed by atoms with van der Waals surface area (Å²) in [6, 6.07) is 9.13. The van der Waals surface area contributed by atoms with Crippen LogP contribution in [0.5, 0.6) is 5.75 Å². The molecule has 0 spiro atoms. The topological polar surface area (TPSA) is 75.7 Å². The summed E-state index contributed by atoms with van der Waals surface area (Å²) in [4.78, 5) is 12.8. The number of nitrogens with zero attached hydrogens (tertiary/aromatic N) is 1. The van der Waals surface area contributed by atoms with Crippen molar-refractivity contribution in [2.24, 2.45) is 0 Å². The minimum Gasteiger partial charge on any atom is -0.494 e. The maximum Gasteiger partial charge on any atom is 0.255 e. The van der Waals surface area contributed by atoms with Crippen molar-refractivity contribution in [3.8, 4) is 5.75 Å². The molecule has 2 aromatic rings. The molecular formula is C21H24Cl2N2O4S. The molecule has 1 N–H and O–H groups in total. The summed E-state index contributed by atoms with van der Waals surface area (Å²) in [5, 5.41) is 3.17. The summed E-state index contributed by atoms with van der Waals surface area (Å²) in [6.45, 7) is 2.55. The molecule has 1 aliphatic rings. The molecule has 0 bridgehead atoms. The van der Waals surface area contributed by atoms with E-state index < -0.39 is 15.9 Å². The number of hydrogen-bond donors (Lipinski definition) is 1. The molecule has 0 aromatic heterocycles. The van der Waals surface area contributed by atoms with E-state index in [0.717, 1.165) is 25.7 Å². The summed E-state index contributed by atoms with van der Waals surface area (Å²) in [6.07, 6.45) is 3.60. The van der Waals surface area contributed by atoms with Gasteiger partial charge in [-0.25, -0.2) is 8.42 Å². The van der Waals surface area contributed by atoms with Gasteiger partial charge < -0.3 is 10.1 Å². The zero-order valence-electron chi connectivity index (χ0n) is 16.8. The quantitative estimate of drug-likeness (QED) is 0.628. The number of piperidine rings is 1. The molecular weight excluding hydrogens is 447 g/mol. The van der Waals surface area contributed by atoms with E-state index >= 15 is 0 Å². The predicted molar refractivity (Wildman–Crippen MR) is 119 cm³/mol. The van der Waals surface area contributed by atoms with Gasteiger partial charge in [0.25, 0.3) is 5.91 Å². The van der Waals surface area contributed by atoms with Crippen LogP contribution >= 0.6 is 23.2 Å². The van der Waals surface area contributed by atoms with Crippen LogP contribution in [-0.2, 0) is 10.0 Å². The largest absolute Gasteiger partial charge is 0.494 e. The Bertz CT molecular complexity index is 1000. The molecule has 1 saturated heterocycles. The Hall–Kier alpha value is -1.80. The number of sulfonamides is 1. The average molecular weight is 471 g/mol. The predicted octanol–water partition coefficient (Wildman–Crippen LogP) is 5.21. The maximum atomic E-state index is 13.0. The van der Waals surface area contributed by atoms with E-state index in [9.17, 15) is 13.2 Å². The van der Waals surface area contributed by atoms with Crippen molar-refractivity contribution in [3.05, 3.63) is 52.0 Å². The van der Waals surface area contributed by atoms with Crippen LogP contribution in [0.15, 0.2) is 41.3 Å². The fourth-order valence-electron chi connectivity index (χ4n) is 3.63. The number of nitrogens with one attached hydrogen (secondary N) is 1. The minimum absolute atomic E-state index is 0.0349. The molecule has 0 saturated carbocycles. The van der Waals surface area contributed by atoms with Gasteiger partial charge in [-0.1, -0.05) is 36.5 Å². The zero-order chi connectivity index (χ0) is 21.9. The van der Waals surface area contributed by atoms with Gasteiger partial charge in [0.2, 0.25) is 10.0 Å². The Morgan fingerprint density at radius 3 is 2.37 bits per heavy atom. The molecule has 0 aliphatic carbocycles. The van der Waals surface area contributed by atoms with E-state index in [1.165, 1.54) is 31.4 Å². The molecule has 1 heterocycles. The van der Waals surface area contributed by atoms with Crippen LogP contribution in [0, 0.1) is 0 Å². The lowest BCUT2D eigenvalue weighted by molar-refractivity contribution is 0.102. The van der Waals surface area contributed by atoms with E-state index in [4.69, 9.17) is 27.9 Å². The standard InChI is InChI=1S/C21H24Cl2N2O4S/c1-3-16-6-4-5-11-25(16)30(27,28)17-9-7-15(8-10-17)24-21(26)14-12-18(22)20(29-2)19(23)13-14/h7-10,12-13,16H,3-6,11H2,1-2H3,(H,24,26)/t16-/m0/s1.